The second-order valence-electron chi connectivity index (χ2n) is 8.12. The van der Waals surface area contributed by atoms with Gasteiger partial charge < -0.3 is 9.80 Å². The lowest BCUT2D eigenvalue weighted by atomic mass is 9.60. The molecule has 1 aromatic rings. The number of fused-ring (bicyclic) bond motifs is 1. The summed E-state index contributed by atoms with van der Waals surface area (Å²) in [4.78, 5) is 31.5. The summed E-state index contributed by atoms with van der Waals surface area (Å²) in [6.45, 7) is 6.87. The smallest absolute Gasteiger partial charge is 0.231 e. The quantitative estimate of drug-likeness (QED) is 0.810. The molecular formula is C19H27N3O2S. The first-order chi connectivity index (χ1) is 12.0. The standard InChI is InChI=1S/C19H27N3O2S/c1-15(23)22-13-18(19(14-22)6-7-20(2)17(19)24)4-8-21(9-5-18)11-16-3-10-25-12-16/h3,10,12H,4-9,11,13-14H2,1-2H3. The van der Waals surface area contributed by atoms with E-state index < -0.39 is 0 Å². The van der Waals surface area contributed by atoms with Gasteiger partial charge in [-0.25, -0.2) is 0 Å². The largest absolute Gasteiger partial charge is 0.345 e. The highest BCUT2D eigenvalue weighted by atomic mass is 32.1. The summed E-state index contributed by atoms with van der Waals surface area (Å²) in [5.41, 5.74) is 0.997. The van der Waals surface area contributed by atoms with Crippen molar-refractivity contribution >= 4 is 23.2 Å². The van der Waals surface area contributed by atoms with Crippen LogP contribution in [0, 0.1) is 10.8 Å². The first-order valence-electron chi connectivity index (χ1n) is 9.20. The SMILES string of the molecule is CC(=O)N1CC2(CCN(Cc3ccsc3)CC2)C2(CCN(C)C2=O)C1. The van der Waals surface area contributed by atoms with E-state index in [1.807, 2.05) is 16.8 Å². The lowest BCUT2D eigenvalue weighted by Crippen LogP contribution is -2.52. The lowest BCUT2D eigenvalue weighted by molar-refractivity contribution is -0.141. The van der Waals surface area contributed by atoms with Crippen LogP contribution in [0.15, 0.2) is 16.8 Å². The number of carbonyl (C=O) groups is 2. The average Bonchev–Trinajstić information content (AvgIpc) is 3.28. The van der Waals surface area contributed by atoms with Crippen LogP contribution in [0.4, 0.5) is 0 Å². The molecule has 3 saturated heterocycles. The molecule has 25 heavy (non-hydrogen) atoms. The fraction of sp³-hybridized carbons (Fsp3) is 0.684. The van der Waals surface area contributed by atoms with E-state index in [2.05, 4.69) is 21.7 Å². The van der Waals surface area contributed by atoms with Gasteiger partial charge in [0.25, 0.3) is 0 Å². The van der Waals surface area contributed by atoms with Crippen molar-refractivity contribution in [2.75, 3.05) is 39.8 Å². The predicted molar refractivity (Wildman–Crippen MR) is 98.2 cm³/mol. The van der Waals surface area contributed by atoms with Crippen molar-refractivity contribution in [1.29, 1.82) is 0 Å². The van der Waals surface area contributed by atoms with Gasteiger partial charge in [0.15, 0.2) is 0 Å². The zero-order chi connectivity index (χ0) is 17.7. The van der Waals surface area contributed by atoms with Crippen LogP contribution in [0.3, 0.4) is 0 Å². The van der Waals surface area contributed by atoms with Crippen LogP contribution >= 0.6 is 11.3 Å². The molecule has 0 aromatic carbocycles. The Morgan fingerprint density at radius 3 is 2.52 bits per heavy atom. The molecule has 1 aromatic heterocycles. The van der Waals surface area contributed by atoms with Crippen LogP contribution in [0.25, 0.3) is 0 Å². The van der Waals surface area contributed by atoms with Gasteiger partial charge in [-0.05, 0) is 54.7 Å². The zero-order valence-electron chi connectivity index (χ0n) is 15.2. The molecule has 136 valence electrons. The van der Waals surface area contributed by atoms with E-state index in [-0.39, 0.29) is 22.6 Å². The van der Waals surface area contributed by atoms with Crippen molar-refractivity contribution in [3.63, 3.8) is 0 Å². The molecule has 6 heteroatoms. The van der Waals surface area contributed by atoms with Crippen LogP contribution in [0.1, 0.15) is 31.7 Å². The van der Waals surface area contributed by atoms with Crippen molar-refractivity contribution in [1.82, 2.24) is 14.7 Å². The van der Waals surface area contributed by atoms with Gasteiger partial charge in [0, 0.05) is 45.6 Å². The second kappa shape index (κ2) is 6.09. The Balaban J connectivity index is 1.55. The Hall–Kier alpha value is -1.40. The summed E-state index contributed by atoms with van der Waals surface area (Å²) in [5, 5.41) is 4.35. The zero-order valence-corrected chi connectivity index (χ0v) is 16.0. The maximum atomic E-state index is 13.1. The number of hydrogen-bond acceptors (Lipinski definition) is 4. The molecule has 4 rings (SSSR count). The van der Waals surface area contributed by atoms with E-state index in [4.69, 9.17) is 0 Å². The Bertz CT molecular complexity index is 666. The Labute approximate surface area is 153 Å². The monoisotopic (exact) mass is 361 g/mol. The Kier molecular flexibility index (Phi) is 4.15. The van der Waals surface area contributed by atoms with Gasteiger partial charge in [-0.1, -0.05) is 0 Å². The highest BCUT2D eigenvalue weighted by Crippen LogP contribution is 2.57. The molecule has 5 nitrogen and oxygen atoms in total. The van der Waals surface area contributed by atoms with Gasteiger partial charge in [0.05, 0.1) is 5.41 Å². The molecule has 3 aliphatic rings. The minimum Gasteiger partial charge on any atom is -0.345 e. The minimum atomic E-state index is -0.345. The molecule has 3 aliphatic heterocycles. The number of likely N-dealkylation sites (tertiary alicyclic amines) is 3. The van der Waals surface area contributed by atoms with Crippen molar-refractivity contribution < 1.29 is 9.59 Å². The predicted octanol–water partition coefficient (Wildman–Crippen LogP) is 2.04. The van der Waals surface area contributed by atoms with Crippen molar-refractivity contribution in [3.8, 4) is 0 Å². The molecule has 4 heterocycles. The number of amides is 2. The Morgan fingerprint density at radius 1 is 1.20 bits per heavy atom. The fourth-order valence-electron chi connectivity index (χ4n) is 5.28. The first-order valence-corrected chi connectivity index (χ1v) is 10.1. The molecule has 0 bridgehead atoms. The number of rotatable bonds is 2. The minimum absolute atomic E-state index is 0.0361. The molecular weight excluding hydrogens is 334 g/mol. The average molecular weight is 362 g/mol. The normalized spacial score (nSPS) is 29.3. The number of thiophene rings is 1. The van der Waals surface area contributed by atoms with Crippen molar-refractivity contribution in [2.24, 2.45) is 10.8 Å². The van der Waals surface area contributed by atoms with E-state index in [9.17, 15) is 9.59 Å². The van der Waals surface area contributed by atoms with E-state index in [0.29, 0.717) is 6.54 Å². The highest BCUT2D eigenvalue weighted by Gasteiger charge is 2.65. The number of carbonyl (C=O) groups excluding carboxylic acids is 2. The summed E-state index contributed by atoms with van der Waals surface area (Å²) in [6, 6.07) is 2.19. The van der Waals surface area contributed by atoms with Crippen LogP contribution in [0.2, 0.25) is 0 Å². The summed E-state index contributed by atoms with van der Waals surface area (Å²) >= 11 is 1.75. The third kappa shape index (κ3) is 2.61. The molecule has 1 atom stereocenters. The van der Waals surface area contributed by atoms with E-state index in [0.717, 1.165) is 52.0 Å². The molecule has 2 spiro atoms. The maximum Gasteiger partial charge on any atom is 0.231 e. The van der Waals surface area contributed by atoms with Gasteiger partial charge in [-0.2, -0.15) is 11.3 Å². The lowest BCUT2D eigenvalue weighted by Gasteiger charge is -2.46. The third-order valence-electron chi connectivity index (χ3n) is 6.84. The van der Waals surface area contributed by atoms with Crippen molar-refractivity contribution in [3.05, 3.63) is 22.4 Å². The van der Waals surface area contributed by atoms with E-state index in [1.165, 1.54) is 5.56 Å². The number of piperidine rings is 1. The summed E-state index contributed by atoms with van der Waals surface area (Å²) in [5.74, 6) is 0.377. The summed E-state index contributed by atoms with van der Waals surface area (Å²) in [6.07, 6.45) is 2.93. The Morgan fingerprint density at radius 2 is 1.96 bits per heavy atom. The van der Waals surface area contributed by atoms with Gasteiger partial charge in [0.1, 0.15) is 0 Å². The van der Waals surface area contributed by atoms with Crippen LogP contribution < -0.4 is 0 Å². The molecule has 0 radical (unpaired) electrons. The molecule has 0 N–H and O–H groups in total. The highest BCUT2D eigenvalue weighted by molar-refractivity contribution is 7.07. The summed E-state index contributed by atoms with van der Waals surface area (Å²) in [7, 11) is 1.91. The fourth-order valence-corrected chi connectivity index (χ4v) is 5.94. The third-order valence-corrected chi connectivity index (χ3v) is 7.58. The van der Waals surface area contributed by atoms with E-state index >= 15 is 0 Å². The molecule has 3 fully saturated rings. The first kappa shape index (κ1) is 17.0. The molecule has 0 aliphatic carbocycles. The van der Waals surface area contributed by atoms with Gasteiger partial charge in [-0.3, -0.25) is 14.5 Å². The summed E-state index contributed by atoms with van der Waals surface area (Å²) < 4.78 is 0. The van der Waals surface area contributed by atoms with Gasteiger partial charge in [0.2, 0.25) is 11.8 Å². The topological polar surface area (TPSA) is 43.9 Å². The van der Waals surface area contributed by atoms with Crippen LogP contribution in [0.5, 0.6) is 0 Å². The van der Waals surface area contributed by atoms with E-state index in [1.54, 1.807) is 18.3 Å². The van der Waals surface area contributed by atoms with Crippen LogP contribution in [-0.4, -0.2) is 66.3 Å². The van der Waals surface area contributed by atoms with Gasteiger partial charge in [-0.15, -0.1) is 0 Å². The molecule has 2 amide bonds. The van der Waals surface area contributed by atoms with Gasteiger partial charge >= 0.3 is 0 Å². The van der Waals surface area contributed by atoms with Crippen molar-refractivity contribution in [2.45, 2.75) is 32.7 Å². The van der Waals surface area contributed by atoms with Crippen LogP contribution in [-0.2, 0) is 16.1 Å². The second-order valence-corrected chi connectivity index (χ2v) is 8.90. The number of hydrogen-bond donors (Lipinski definition) is 0. The molecule has 0 saturated carbocycles. The molecule has 1 unspecified atom stereocenters. The maximum absolute atomic E-state index is 13.1. The number of nitrogens with zero attached hydrogens (tertiary/aromatic N) is 3.